The maximum atomic E-state index is 12.8. The summed E-state index contributed by atoms with van der Waals surface area (Å²) in [5.74, 6) is -1.44. The molecule has 18 heavy (non-hydrogen) atoms. The van der Waals surface area contributed by atoms with Gasteiger partial charge in [-0.15, -0.1) is 0 Å². The molecule has 0 aliphatic carbocycles. The van der Waals surface area contributed by atoms with Crippen LogP contribution in [0.5, 0.6) is 0 Å². The van der Waals surface area contributed by atoms with E-state index < -0.39 is 29.7 Å². The quantitative estimate of drug-likeness (QED) is 0.856. The fourth-order valence-corrected chi connectivity index (χ4v) is 2.27. The van der Waals surface area contributed by atoms with Crippen LogP contribution in [0.1, 0.15) is 23.5 Å². The number of nitrogens with one attached hydrogen (secondary N) is 1. The van der Waals surface area contributed by atoms with Gasteiger partial charge in [0.15, 0.2) is 0 Å². The highest BCUT2D eigenvalue weighted by Crippen LogP contribution is 2.37. The van der Waals surface area contributed by atoms with Gasteiger partial charge in [-0.1, -0.05) is 18.2 Å². The first-order valence-corrected chi connectivity index (χ1v) is 5.52. The number of alkyl halides is 3. The van der Waals surface area contributed by atoms with Crippen molar-refractivity contribution in [3.63, 3.8) is 0 Å². The van der Waals surface area contributed by atoms with Gasteiger partial charge in [0.25, 0.3) is 0 Å². The minimum Gasteiger partial charge on any atom is -0.480 e. The summed E-state index contributed by atoms with van der Waals surface area (Å²) in [5.41, 5.74) is -0.510. The van der Waals surface area contributed by atoms with Crippen LogP contribution < -0.4 is 5.32 Å². The van der Waals surface area contributed by atoms with E-state index in [1.54, 1.807) is 6.07 Å². The Bertz CT molecular complexity index is 459. The molecular formula is C12H12F3NO2. The number of rotatable bonds is 2. The second-order valence-corrected chi connectivity index (χ2v) is 4.32. The number of carbonyl (C=O) groups is 1. The predicted octanol–water partition coefficient (Wildman–Crippen LogP) is 2.24. The average Bonchev–Trinajstić information content (AvgIpc) is 2.77. The Hall–Kier alpha value is -1.56. The number of carboxylic acid groups (broad SMARTS) is 1. The second kappa shape index (κ2) is 4.61. The van der Waals surface area contributed by atoms with Gasteiger partial charge in [-0.2, -0.15) is 13.2 Å². The van der Waals surface area contributed by atoms with Gasteiger partial charge in [-0.3, -0.25) is 4.79 Å². The summed E-state index contributed by atoms with van der Waals surface area (Å²) in [6.45, 7) is 0.254. The number of hydrogen-bond donors (Lipinski definition) is 2. The molecule has 0 saturated carbocycles. The Balaban J connectivity index is 2.27. The van der Waals surface area contributed by atoms with E-state index in [4.69, 9.17) is 5.11 Å². The van der Waals surface area contributed by atoms with E-state index >= 15 is 0 Å². The minimum absolute atomic E-state index is 0.168. The zero-order valence-corrected chi connectivity index (χ0v) is 9.37. The third kappa shape index (κ3) is 2.48. The van der Waals surface area contributed by atoms with Crippen LogP contribution in [0.4, 0.5) is 13.2 Å². The molecule has 2 atom stereocenters. The average molecular weight is 259 g/mol. The van der Waals surface area contributed by atoms with Crippen LogP contribution in [0, 0.1) is 0 Å². The van der Waals surface area contributed by atoms with Crippen molar-refractivity contribution in [1.29, 1.82) is 0 Å². The molecule has 1 fully saturated rings. The lowest BCUT2D eigenvalue weighted by Crippen LogP contribution is -2.29. The van der Waals surface area contributed by atoms with Crippen molar-refractivity contribution in [2.75, 3.05) is 6.54 Å². The molecule has 1 aromatic carbocycles. The largest absolute Gasteiger partial charge is 0.480 e. The van der Waals surface area contributed by atoms with Crippen molar-refractivity contribution in [3.05, 3.63) is 35.4 Å². The van der Waals surface area contributed by atoms with Crippen molar-refractivity contribution >= 4 is 5.97 Å². The number of aliphatic carboxylic acids is 1. The van der Waals surface area contributed by atoms with E-state index in [0.717, 1.165) is 6.07 Å². The monoisotopic (exact) mass is 259 g/mol. The fraction of sp³-hybridized carbons (Fsp3) is 0.417. The van der Waals surface area contributed by atoms with Gasteiger partial charge in [0.05, 0.1) is 5.56 Å². The SMILES string of the molecule is O=C(O)C1CC(c2ccccc2C(F)(F)F)CN1. The van der Waals surface area contributed by atoms with Gasteiger partial charge in [0.1, 0.15) is 6.04 Å². The molecule has 1 saturated heterocycles. The summed E-state index contributed by atoms with van der Waals surface area (Å²) in [5, 5.41) is 11.5. The maximum absolute atomic E-state index is 12.8. The van der Waals surface area contributed by atoms with Gasteiger partial charge in [-0.05, 0) is 24.0 Å². The molecule has 1 aliphatic rings. The van der Waals surface area contributed by atoms with E-state index in [1.165, 1.54) is 12.1 Å². The topological polar surface area (TPSA) is 49.3 Å². The van der Waals surface area contributed by atoms with Crippen LogP contribution in [0.25, 0.3) is 0 Å². The molecule has 1 aromatic rings. The smallest absolute Gasteiger partial charge is 0.416 e. The van der Waals surface area contributed by atoms with Crippen molar-refractivity contribution in [3.8, 4) is 0 Å². The first kappa shape index (κ1) is 12.9. The molecule has 2 unspecified atom stereocenters. The first-order valence-electron chi connectivity index (χ1n) is 5.52. The summed E-state index contributed by atoms with van der Waals surface area (Å²) in [7, 11) is 0. The van der Waals surface area contributed by atoms with E-state index in [-0.39, 0.29) is 18.5 Å². The molecule has 0 aromatic heterocycles. The van der Waals surface area contributed by atoms with E-state index in [9.17, 15) is 18.0 Å². The van der Waals surface area contributed by atoms with Crippen LogP contribution in [-0.4, -0.2) is 23.7 Å². The number of hydrogen-bond acceptors (Lipinski definition) is 2. The van der Waals surface area contributed by atoms with Crippen LogP contribution >= 0.6 is 0 Å². The van der Waals surface area contributed by atoms with Crippen LogP contribution in [0.15, 0.2) is 24.3 Å². The van der Waals surface area contributed by atoms with Crippen molar-refractivity contribution in [2.45, 2.75) is 24.6 Å². The van der Waals surface area contributed by atoms with E-state index in [1.807, 2.05) is 0 Å². The van der Waals surface area contributed by atoms with Gasteiger partial charge >= 0.3 is 12.1 Å². The molecule has 1 aliphatic heterocycles. The Morgan fingerprint density at radius 2 is 2.00 bits per heavy atom. The van der Waals surface area contributed by atoms with Crippen LogP contribution in [0.2, 0.25) is 0 Å². The lowest BCUT2D eigenvalue weighted by molar-refractivity contribution is -0.139. The predicted molar refractivity (Wildman–Crippen MR) is 58.2 cm³/mol. The zero-order chi connectivity index (χ0) is 13.3. The van der Waals surface area contributed by atoms with Gasteiger partial charge < -0.3 is 10.4 Å². The molecule has 1 heterocycles. The highest BCUT2D eigenvalue weighted by atomic mass is 19.4. The molecule has 3 nitrogen and oxygen atoms in total. The molecule has 0 radical (unpaired) electrons. The molecular weight excluding hydrogens is 247 g/mol. The Morgan fingerprint density at radius 3 is 2.56 bits per heavy atom. The third-order valence-electron chi connectivity index (χ3n) is 3.13. The molecule has 2 rings (SSSR count). The third-order valence-corrected chi connectivity index (χ3v) is 3.13. The van der Waals surface area contributed by atoms with Crippen LogP contribution in [-0.2, 0) is 11.0 Å². The van der Waals surface area contributed by atoms with E-state index in [0.29, 0.717) is 0 Å². The number of benzene rings is 1. The highest BCUT2D eigenvalue weighted by molar-refractivity contribution is 5.74. The minimum atomic E-state index is -4.40. The molecule has 0 spiro atoms. The summed E-state index contributed by atoms with van der Waals surface area (Å²) < 4.78 is 38.5. The second-order valence-electron chi connectivity index (χ2n) is 4.32. The number of halogens is 3. The highest BCUT2D eigenvalue weighted by Gasteiger charge is 2.38. The first-order chi connectivity index (χ1) is 8.39. The summed E-state index contributed by atoms with van der Waals surface area (Å²) in [6.07, 6.45) is -4.22. The van der Waals surface area contributed by atoms with Gasteiger partial charge in [0, 0.05) is 6.54 Å². The number of carboxylic acids is 1. The summed E-state index contributed by atoms with van der Waals surface area (Å²) in [6, 6.07) is 4.56. The summed E-state index contributed by atoms with van der Waals surface area (Å²) in [4.78, 5) is 10.8. The molecule has 6 heteroatoms. The maximum Gasteiger partial charge on any atom is 0.416 e. The molecule has 0 amide bonds. The van der Waals surface area contributed by atoms with Gasteiger partial charge in [0.2, 0.25) is 0 Å². The normalized spacial score (nSPS) is 24.2. The van der Waals surface area contributed by atoms with Crippen molar-refractivity contribution < 1.29 is 23.1 Å². The van der Waals surface area contributed by atoms with E-state index in [2.05, 4.69) is 5.32 Å². The molecule has 2 N–H and O–H groups in total. The van der Waals surface area contributed by atoms with Gasteiger partial charge in [-0.25, -0.2) is 0 Å². The lowest BCUT2D eigenvalue weighted by atomic mass is 9.92. The molecule has 98 valence electrons. The lowest BCUT2D eigenvalue weighted by Gasteiger charge is -2.16. The fourth-order valence-electron chi connectivity index (χ4n) is 2.27. The zero-order valence-electron chi connectivity index (χ0n) is 9.37. The van der Waals surface area contributed by atoms with Crippen molar-refractivity contribution in [1.82, 2.24) is 5.32 Å². The Kier molecular flexibility index (Phi) is 3.30. The van der Waals surface area contributed by atoms with Crippen molar-refractivity contribution in [2.24, 2.45) is 0 Å². The Morgan fingerprint density at radius 1 is 1.33 bits per heavy atom. The standard InChI is InChI=1S/C12H12F3NO2/c13-12(14,15)9-4-2-1-3-8(9)7-5-10(11(17)18)16-6-7/h1-4,7,10,16H,5-6H2,(H,17,18). The van der Waals surface area contributed by atoms with Crippen LogP contribution in [0.3, 0.4) is 0 Å². The Labute approximate surface area is 102 Å². The summed E-state index contributed by atoms with van der Waals surface area (Å²) >= 11 is 0. The molecule has 0 bridgehead atoms.